The van der Waals surface area contributed by atoms with Gasteiger partial charge in [0.1, 0.15) is 6.54 Å². The second kappa shape index (κ2) is 11.3. The number of nitrogens with zero attached hydrogens (tertiary/aromatic N) is 3. The molecular formula is C29H33Cl2N3O3. The van der Waals surface area contributed by atoms with E-state index in [1.54, 1.807) is 19.2 Å². The Hall–Kier alpha value is -2.80. The molecule has 1 aliphatic heterocycles. The zero-order valence-corrected chi connectivity index (χ0v) is 23.2. The number of methoxy groups -OCH3 is 1. The fourth-order valence-corrected chi connectivity index (χ4v) is 4.99. The average molecular weight is 543 g/mol. The van der Waals surface area contributed by atoms with Gasteiger partial charge >= 0.3 is 0 Å². The zero-order chi connectivity index (χ0) is 26.7. The van der Waals surface area contributed by atoms with E-state index < -0.39 is 0 Å². The van der Waals surface area contributed by atoms with Gasteiger partial charge < -0.3 is 19.1 Å². The first-order valence-corrected chi connectivity index (χ1v) is 13.1. The highest BCUT2D eigenvalue weighted by atomic mass is 35.5. The van der Waals surface area contributed by atoms with Crippen LogP contribution >= 0.6 is 23.2 Å². The van der Waals surface area contributed by atoms with Crippen LogP contribution in [0.5, 0.6) is 0 Å². The molecule has 8 heteroatoms. The van der Waals surface area contributed by atoms with Gasteiger partial charge in [0, 0.05) is 44.2 Å². The van der Waals surface area contributed by atoms with Crippen molar-refractivity contribution in [2.75, 3.05) is 33.4 Å². The summed E-state index contributed by atoms with van der Waals surface area (Å²) in [5.74, 6) is -0.419. The number of hydrogen-bond donors (Lipinski definition) is 0. The van der Waals surface area contributed by atoms with Crippen molar-refractivity contribution < 1.29 is 14.3 Å². The number of carbonyl (C=O) groups excluding carboxylic acids is 2. The van der Waals surface area contributed by atoms with Crippen molar-refractivity contribution in [1.29, 1.82) is 0 Å². The fraction of sp³-hybridized carbons (Fsp3) is 0.379. The van der Waals surface area contributed by atoms with Gasteiger partial charge in [0.05, 0.1) is 22.7 Å². The molecule has 0 saturated heterocycles. The summed E-state index contributed by atoms with van der Waals surface area (Å²) in [5.41, 5.74) is 3.74. The fourth-order valence-electron chi connectivity index (χ4n) is 4.69. The molecular weight excluding hydrogens is 509 g/mol. The molecule has 0 unspecified atom stereocenters. The normalized spacial score (nSPS) is 15.4. The molecule has 3 aromatic rings. The molecule has 0 fully saturated rings. The molecule has 0 saturated carbocycles. The van der Waals surface area contributed by atoms with E-state index in [0.29, 0.717) is 35.3 Å². The van der Waals surface area contributed by atoms with Gasteiger partial charge in [-0.1, -0.05) is 68.2 Å². The van der Waals surface area contributed by atoms with E-state index >= 15 is 0 Å². The lowest BCUT2D eigenvalue weighted by Gasteiger charge is -2.38. The smallest absolute Gasteiger partial charge is 0.254 e. The molecule has 1 aliphatic rings. The standard InChI is InChI=1S/C29H33Cl2N3O3/c1-29(2,3)22-10-7-20(8-11-22)27-25-6-5-13-32(25)14-15-34(27)26(35)19-33(16-17-37-4)28(36)21-9-12-23(30)24(31)18-21/h5-13,18,27H,14-17,19H2,1-4H3/t27-/m1/s1. The summed E-state index contributed by atoms with van der Waals surface area (Å²) in [6.45, 7) is 8.31. The highest BCUT2D eigenvalue weighted by molar-refractivity contribution is 6.42. The van der Waals surface area contributed by atoms with E-state index in [4.69, 9.17) is 27.9 Å². The predicted octanol–water partition coefficient (Wildman–Crippen LogP) is 5.81. The van der Waals surface area contributed by atoms with Crippen LogP contribution in [0.4, 0.5) is 0 Å². The first-order valence-electron chi connectivity index (χ1n) is 12.4. The average Bonchev–Trinajstić information content (AvgIpc) is 3.35. The SMILES string of the molecule is COCCN(CC(=O)N1CCn2cccc2[C@H]1c1ccc(C(C)(C)C)cc1)C(=O)c1ccc(Cl)c(Cl)c1. The van der Waals surface area contributed by atoms with Crippen molar-refractivity contribution in [3.05, 3.63) is 93.2 Å². The van der Waals surface area contributed by atoms with E-state index in [0.717, 1.165) is 11.3 Å². The van der Waals surface area contributed by atoms with Crippen LogP contribution in [0, 0.1) is 0 Å². The van der Waals surface area contributed by atoms with Gasteiger partial charge in [-0.2, -0.15) is 0 Å². The van der Waals surface area contributed by atoms with E-state index in [2.05, 4.69) is 55.7 Å². The van der Waals surface area contributed by atoms with E-state index in [-0.39, 0.29) is 36.4 Å². The van der Waals surface area contributed by atoms with Crippen molar-refractivity contribution >= 4 is 35.0 Å². The first kappa shape index (κ1) is 27.2. The number of amides is 2. The van der Waals surface area contributed by atoms with Gasteiger partial charge in [-0.25, -0.2) is 0 Å². The summed E-state index contributed by atoms with van der Waals surface area (Å²) in [6, 6.07) is 17.1. The summed E-state index contributed by atoms with van der Waals surface area (Å²) in [5, 5.41) is 0.662. The molecule has 1 aromatic heterocycles. The molecule has 2 amide bonds. The summed E-state index contributed by atoms with van der Waals surface area (Å²) >= 11 is 12.2. The number of fused-ring (bicyclic) bond motifs is 1. The van der Waals surface area contributed by atoms with Crippen LogP contribution in [0.1, 0.15) is 54.0 Å². The molecule has 1 atom stereocenters. The van der Waals surface area contributed by atoms with Crippen LogP contribution in [-0.4, -0.2) is 59.5 Å². The number of rotatable bonds is 7. The quantitative estimate of drug-likeness (QED) is 0.379. The summed E-state index contributed by atoms with van der Waals surface area (Å²) in [4.78, 5) is 30.6. The van der Waals surface area contributed by atoms with Gasteiger partial charge in [-0.15, -0.1) is 0 Å². The third-order valence-electron chi connectivity index (χ3n) is 6.80. The number of halogens is 2. The van der Waals surface area contributed by atoms with Crippen LogP contribution in [0.25, 0.3) is 0 Å². The Balaban J connectivity index is 1.62. The number of ether oxygens (including phenoxy) is 1. The van der Waals surface area contributed by atoms with Crippen LogP contribution in [0.3, 0.4) is 0 Å². The monoisotopic (exact) mass is 541 g/mol. The predicted molar refractivity (Wildman–Crippen MR) is 147 cm³/mol. The number of benzene rings is 2. The Bertz CT molecular complexity index is 1260. The number of hydrogen-bond acceptors (Lipinski definition) is 3. The molecule has 0 N–H and O–H groups in total. The zero-order valence-electron chi connectivity index (χ0n) is 21.7. The van der Waals surface area contributed by atoms with E-state index in [9.17, 15) is 9.59 Å². The highest BCUT2D eigenvalue weighted by Crippen LogP contribution is 2.34. The number of aromatic nitrogens is 1. The Morgan fingerprint density at radius 3 is 2.41 bits per heavy atom. The Kier molecular flexibility index (Phi) is 8.32. The molecule has 0 bridgehead atoms. The lowest BCUT2D eigenvalue weighted by atomic mass is 9.86. The first-order chi connectivity index (χ1) is 17.6. The molecule has 0 radical (unpaired) electrons. The number of carbonyl (C=O) groups is 2. The minimum Gasteiger partial charge on any atom is -0.383 e. The topological polar surface area (TPSA) is 54.8 Å². The van der Waals surface area contributed by atoms with Crippen molar-refractivity contribution in [1.82, 2.24) is 14.4 Å². The highest BCUT2D eigenvalue weighted by Gasteiger charge is 2.34. The maximum Gasteiger partial charge on any atom is 0.254 e. The molecule has 2 aromatic carbocycles. The molecule has 4 rings (SSSR count). The largest absolute Gasteiger partial charge is 0.383 e. The summed E-state index contributed by atoms with van der Waals surface area (Å²) in [6.07, 6.45) is 2.05. The van der Waals surface area contributed by atoms with Crippen LogP contribution < -0.4 is 0 Å². The Labute approximate surface area is 228 Å². The minimum absolute atomic E-state index is 0.0353. The third-order valence-corrected chi connectivity index (χ3v) is 7.54. The van der Waals surface area contributed by atoms with Crippen molar-refractivity contribution in [2.45, 2.75) is 38.8 Å². The van der Waals surface area contributed by atoms with Crippen LogP contribution in [0.15, 0.2) is 60.8 Å². The molecule has 2 heterocycles. The van der Waals surface area contributed by atoms with Gasteiger partial charge in [0.15, 0.2) is 0 Å². The van der Waals surface area contributed by atoms with E-state index in [1.807, 2.05) is 17.2 Å². The van der Waals surface area contributed by atoms with Gasteiger partial charge in [-0.3, -0.25) is 9.59 Å². The van der Waals surface area contributed by atoms with E-state index in [1.165, 1.54) is 16.5 Å². The summed E-state index contributed by atoms with van der Waals surface area (Å²) < 4.78 is 7.41. The molecule has 6 nitrogen and oxygen atoms in total. The Morgan fingerprint density at radius 2 is 1.76 bits per heavy atom. The minimum atomic E-state index is -0.296. The third kappa shape index (κ3) is 6.03. The molecule has 0 spiro atoms. The maximum absolute atomic E-state index is 13.8. The second-order valence-corrected chi connectivity index (χ2v) is 11.2. The maximum atomic E-state index is 13.8. The van der Waals surface area contributed by atoms with Crippen molar-refractivity contribution in [2.24, 2.45) is 0 Å². The Morgan fingerprint density at radius 1 is 1.03 bits per heavy atom. The van der Waals surface area contributed by atoms with Crippen LogP contribution in [-0.2, 0) is 21.5 Å². The van der Waals surface area contributed by atoms with Gasteiger partial charge in [0.2, 0.25) is 5.91 Å². The van der Waals surface area contributed by atoms with Crippen molar-refractivity contribution in [3.63, 3.8) is 0 Å². The molecule has 196 valence electrons. The summed E-state index contributed by atoms with van der Waals surface area (Å²) in [7, 11) is 1.57. The lowest BCUT2D eigenvalue weighted by molar-refractivity contribution is -0.134. The van der Waals surface area contributed by atoms with Gasteiger partial charge in [0.25, 0.3) is 5.91 Å². The van der Waals surface area contributed by atoms with Crippen LogP contribution in [0.2, 0.25) is 10.0 Å². The second-order valence-electron chi connectivity index (χ2n) is 10.3. The lowest BCUT2D eigenvalue weighted by Crippen LogP contribution is -2.48. The van der Waals surface area contributed by atoms with Crippen molar-refractivity contribution in [3.8, 4) is 0 Å². The van der Waals surface area contributed by atoms with Gasteiger partial charge in [-0.05, 0) is 46.9 Å². The molecule has 37 heavy (non-hydrogen) atoms. The molecule has 0 aliphatic carbocycles.